The van der Waals surface area contributed by atoms with Crippen molar-refractivity contribution in [2.24, 2.45) is 10.7 Å². The molecule has 0 spiro atoms. The fourth-order valence-corrected chi connectivity index (χ4v) is 5.46. The molecule has 2 unspecified atom stereocenters. The third kappa shape index (κ3) is 12.1. The molecule has 50 heavy (non-hydrogen) atoms. The second-order valence-corrected chi connectivity index (χ2v) is 12.0. The summed E-state index contributed by atoms with van der Waals surface area (Å²) in [6.07, 6.45) is 3.40. The monoisotopic (exact) mass is 702 g/mol. The highest BCUT2D eigenvalue weighted by molar-refractivity contribution is 6.02. The summed E-state index contributed by atoms with van der Waals surface area (Å²) in [6, 6.07) is 6.54. The number of halogens is 5. The number of nitrogens with zero attached hydrogens (tertiary/aromatic N) is 3. The molecular weight excluding hydrogens is 659 g/mol. The average Bonchev–Trinajstić information content (AvgIpc) is 3.31. The Labute approximate surface area is 288 Å². The minimum atomic E-state index is -4.57. The molecule has 0 aromatic heterocycles. The third-order valence-corrected chi connectivity index (χ3v) is 7.89. The van der Waals surface area contributed by atoms with Crippen molar-refractivity contribution in [3.63, 3.8) is 0 Å². The van der Waals surface area contributed by atoms with Crippen LogP contribution in [0, 0.1) is 11.6 Å². The highest BCUT2D eigenvalue weighted by Gasteiger charge is 2.32. The number of aliphatic hydroxyl groups excluding tert-OH is 2. The lowest BCUT2D eigenvalue weighted by Gasteiger charge is -2.29. The third-order valence-electron chi connectivity index (χ3n) is 7.89. The van der Waals surface area contributed by atoms with Gasteiger partial charge in [0.25, 0.3) is 11.8 Å². The van der Waals surface area contributed by atoms with Gasteiger partial charge in [-0.15, -0.1) is 0 Å². The van der Waals surface area contributed by atoms with Crippen LogP contribution in [0.3, 0.4) is 0 Å². The van der Waals surface area contributed by atoms with Crippen LogP contribution in [0.1, 0.15) is 71.4 Å². The second-order valence-electron chi connectivity index (χ2n) is 12.0. The van der Waals surface area contributed by atoms with Gasteiger partial charge in [0.05, 0.1) is 24.1 Å². The molecule has 1 aliphatic rings. The molecule has 8 nitrogen and oxygen atoms in total. The lowest BCUT2D eigenvalue weighted by molar-refractivity contribution is -0.0883. The zero-order valence-corrected chi connectivity index (χ0v) is 28.0. The number of allylic oxidation sites excluding steroid dienone is 5. The van der Waals surface area contributed by atoms with Crippen molar-refractivity contribution in [1.82, 2.24) is 9.80 Å². The predicted molar refractivity (Wildman–Crippen MR) is 183 cm³/mol. The van der Waals surface area contributed by atoms with Crippen molar-refractivity contribution < 1.29 is 41.8 Å². The number of carbonyl (C=O) groups is 2. The van der Waals surface area contributed by atoms with E-state index < -0.39 is 41.4 Å². The summed E-state index contributed by atoms with van der Waals surface area (Å²) in [6.45, 7) is 4.30. The minimum Gasteiger partial charge on any atom is -0.514 e. The van der Waals surface area contributed by atoms with Gasteiger partial charge < -0.3 is 25.7 Å². The van der Waals surface area contributed by atoms with E-state index in [1.54, 1.807) is 11.0 Å². The highest BCUT2D eigenvalue weighted by atomic mass is 19.4. The molecule has 0 saturated heterocycles. The molecule has 270 valence electrons. The number of amides is 2. The maximum absolute atomic E-state index is 14.2. The number of nitrogens with two attached hydrogens (primary N) is 1. The minimum absolute atomic E-state index is 0.0468. The summed E-state index contributed by atoms with van der Waals surface area (Å²) >= 11 is 0. The number of alkyl halides is 3. The topological polar surface area (TPSA) is 119 Å². The fraction of sp³-hybridized carbons (Fsp3) is 0.378. The van der Waals surface area contributed by atoms with Gasteiger partial charge in [-0.1, -0.05) is 38.2 Å². The first-order valence-corrected chi connectivity index (χ1v) is 16.3. The van der Waals surface area contributed by atoms with E-state index in [1.807, 2.05) is 13.8 Å². The van der Waals surface area contributed by atoms with Crippen molar-refractivity contribution in [1.29, 1.82) is 0 Å². The quantitative estimate of drug-likeness (QED) is 0.101. The van der Waals surface area contributed by atoms with E-state index in [2.05, 4.69) is 4.99 Å². The Morgan fingerprint density at radius 2 is 1.60 bits per heavy atom. The number of hydrogen-bond acceptors (Lipinski definition) is 6. The molecule has 1 aliphatic carbocycles. The Bertz CT molecular complexity index is 1610. The van der Waals surface area contributed by atoms with Crippen LogP contribution in [0.2, 0.25) is 0 Å². The lowest BCUT2D eigenvalue weighted by atomic mass is 10.00. The number of aliphatic hydroxyl groups is 2. The van der Waals surface area contributed by atoms with Crippen molar-refractivity contribution in [3.8, 4) is 0 Å². The van der Waals surface area contributed by atoms with E-state index in [-0.39, 0.29) is 49.4 Å². The van der Waals surface area contributed by atoms with E-state index in [1.165, 1.54) is 35.4 Å². The molecule has 0 aliphatic heterocycles. The Morgan fingerprint density at radius 1 is 0.980 bits per heavy atom. The first-order valence-electron chi connectivity index (χ1n) is 16.3. The van der Waals surface area contributed by atoms with Crippen LogP contribution in [0.15, 0.2) is 89.3 Å². The Kier molecular flexibility index (Phi) is 15.1. The van der Waals surface area contributed by atoms with E-state index in [4.69, 9.17) is 10.8 Å². The van der Waals surface area contributed by atoms with Crippen LogP contribution in [0.25, 0.3) is 0 Å². The molecule has 2 aromatic rings. The normalized spacial score (nSPS) is 14.7. The highest BCUT2D eigenvalue weighted by Crippen LogP contribution is 2.29. The van der Waals surface area contributed by atoms with Crippen molar-refractivity contribution in [3.05, 3.63) is 118 Å². The van der Waals surface area contributed by atoms with Gasteiger partial charge in [-0.05, 0) is 79.1 Å². The molecule has 3 rings (SSSR count). The largest absolute Gasteiger partial charge is 0.514 e. The zero-order valence-electron chi connectivity index (χ0n) is 28.0. The molecule has 0 bridgehead atoms. The summed E-state index contributed by atoms with van der Waals surface area (Å²) in [5.74, 6) is -2.48. The molecule has 0 fully saturated rings. The molecule has 0 radical (unpaired) electrons. The number of rotatable bonds is 16. The first kappa shape index (κ1) is 39.8. The maximum Gasteiger partial charge on any atom is 0.416 e. The number of carbonyl (C=O) groups excluding carboxylic acids is 2. The predicted octanol–water partition coefficient (Wildman–Crippen LogP) is 6.81. The number of aryl methyl sites for hydroxylation is 1. The summed E-state index contributed by atoms with van der Waals surface area (Å²) in [4.78, 5) is 34.7. The standard InChI is InChI=1S/C37H43F5N4O4/c1-3-13-45(14-4-2)35(49)28-16-27(22-44-12-15-47)17-29(20-28)36(50)46(23-25-6-5-7-30(10-8-25)37(40,41)42)24-34(48)33(43)11-9-26-18-31(38)21-32(39)19-26/h5-7,10,12,15-22,33-34,47-48H,3-4,8-9,11,13-14,23-24,43H2,1-2H3/b15-12-,44-22?. The molecular formula is C37H43F5N4O4. The zero-order chi connectivity index (χ0) is 36.8. The maximum atomic E-state index is 14.2. The van der Waals surface area contributed by atoms with Gasteiger partial charge in [-0.2, -0.15) is 13.2 Å². The van der Waals surface area contributed by atoms with Gasteiger partial charge in [-0.3, -0.25) is 14.6 Å². The Balaban J connectivity index is 1.98. The van der Waals surface area contributed by atoms with Gasteiger partial charge in [0, 0.05) is 55.6 Å². The molecule has 0 heterocycles. The molecule has 4 N–H and O–H groups in total. The Morgan fingerprint density at radius 3 is 2.18 bits per heavy atom. The average molecular weight is 703 g/mol. The van der Waals surface area contributed by atoms with Crippen molar-refractivity contribution >= 4 is 18.0 Å². The molecule has 13 heteroatoms. The van der Waals surface area contributed by atoms with E-state index in [9.17, 15) is 36.6 Å². The van der Waals surface area contributed by atoms with Crippen LogP contribution in [0.4, 0.5) is 22.0 Å². The number of aliphatic imine (C=N–C) groups is 1. The van der Waals surface area contributed by atoms with E-state index in [0.717, 1.165) is 36.6 Å². The molecule has 2 amide bonds. The fourth-order valence-electron chi connectivity index (χ4n) is 5.46. The van der Waals surface area contributed by atoms with Crippen LogP contribution < -0.4 is 5.73 Å². The van der Waals surface area contributed by atoms with Gasteiger partial charge in [0.15, 0.2) is 0 Å². The summed E-state index contributed by atoms with van der Waals surface area (Å²) in [5, 5.41) is 20.2. The molecule has 0 saturated carbocycles. The lowest BCUT2D eigenvalue weighted by Crippen LogP contribution is -2.46. The van der Waals surface area contributed by atoms with E-state index >= 15 is 0 Å². The number of benzene rings is 2. The van der Waals surface area contributed by atoms with Gasteiger partial charge >= 0.3 is 6.18 Å². The van der Waals surface area contributed by atoms with Crippen molar-refractivity contribution in [2.45, 2.75) is 64.3 Å². The van der Waals surface area contributed by atoms with Gasteiger partial charge in [0.2, 0.25) is 0 Å². The Hall–Kier alpha value is -4.62. The summed E-state index contributed by atoms with van der Waals surface area (Å²) in [5.41, 5.74) is 6.79. The molecule has 2 atom stereocenters. The van der Waals surface area contributed by atoms with Crippen LogP contribution >= 0.6 is 0 Å². The SMILES string of the molecule is CCCN(CCC)C(=O)c1cc(C=N/C=C\O)cc(C(=O)N(CC2=CC=CC(C(F)(F)F)=CC2)CC(O)C(N)CCc2cc(F)cc(F)c2)c1. The first-order chi connectivity index (χ1) is 23.7. The van der Waals surface area contributed by atoms with Crippen LogP contribution in [0.5, 0.6) is 0 Å². The smallest absolute Gasteiger partial charge is 0.416 e. The number of hydrogen-bond donors (Lipinski definition) is 3. The molecule has 2 aromatic carbocycles. The van der Waals surface area contributed by atoms with Gasteiger partial charge in [-0.25, -0.2) is 8.78 Å². The van der Waals surface area contributed by atoms with Gasteiger partial charge in [0.1, 0.15) is 11.6 Å². The van der Waals surface area contributed by atoms with Crippen LogP contribution in [-0.4, -0.2) is 82.5 Å². The van der Waals surface area contributed by atoms with E-state index in [0.29, 0.717) is 48.9 Å². The summed E-state index contributed by atoms with van der Waals surface area (Å²) < 4.78 is 67.6. The van der Waals surface area contributed by atoms with Crippen molar-refractivity contribution in [2.75, 3.05) is 26.2 Å². The second kappa shape index (κ2) is 19.0. The summed E-state index contributed by atoms with van der Waals surface area (Å²) in [7, 11) is 0. The van der Waals surface area contributed by atoms with Crippen LogP contribution in [-0.2, 0) is 6.42 Å².